The first-order chi connectivity index (χ1) is 19.9. The van der Waals surface area contributed by atoms with Crippen molar-refractivity contribution in [2.45, 2.75) is 65.8 Å². The van der Waals surface area contributed by atoms with Crippen LogP contribution in [0.2, 0.25) is 0 Å². The molecular weight excluding hydrogens is 552 g/mol. The van der Waals surface area contributed by atoms with E-state index in [1.165, 1.54) is 4.90 Å². The number of pyridine rings is 1. The Labute approximate surface area is 248 Å². The molecule has 0 bridgehead atoms. The average molecular weight is 589 g/mol. The van der Waals surface area contributed by atoms with E-state index in [1.54, 1.807) is 22.0 Å². The third-order valence-electron chi connectivity index (χ3n) is 7.68. The molecule has 220 valence electrons. The standard InChI is InChI=1S/C31H36N6O4S/c1-18-23-8-6-7-13-37(23)35-25(18)29(40)34-27(31(3,4)5)30(41)36-16-22(38)14-24(36)28(39)32-15-20-9-11-21(12-10-20)26-19(2)33-17-42-26/h6-13,17,22,24,27,38H,14-16H2,1-5H3,(H,32,39)(H,34,40)/t22-,24+,27-/m1/s1. The third-order valence-corrected chi connectivity index (χ3v) is 8.66. The second-order valence-corrected chi connectivity index (χ2v) is 12.7. The van der Waals surface area contributed by atoms with Crippen molar-refractivity contribution in [1.29, 1.82) is 0 Å². The second-order valence-electron chi connectivity index (χ2n) is 11.9. The highest BCUT2D eigenvalue weighted by Gasteiger charge is 2.44. The highest BCUT2D eigenvalue weighted by atomic mass is 32.1. The number of carbonyl (C=O) groups excluding carboxylic acids is 3. The molecule has 42 heavy (non-hydrogen) atoms. The molecule has 0 unspecified atom stereocenters. The zero-order valence-corrected chi connectivity index (χ0v) is 25.2. The van der Waals surface area contributed by atoms with Crippen molar-refractivity contribution in [1.82, 2.24) is 30.1 Å². The Kier molecular flexibility index (Phi) is 8.16. The summed E-state index contributed by atoms with van der Waals surface area (Å²) in [6, 6.07) is 11.7. The molecule has 0 aliphatic carbocycles. The summed E-state index contributed by atoms with van der Waals surface area (Å²) in [5.41, 5.74) is 5.83. The van der Waals surface area contributed by atoms with E-state index in [2.05, 4.69) is 20.7 Å². The van der Waals surface area contributed by atoms with Gasteiger partial charge in [0.25, 0.3) is 5.91 Å². The van der Waals surface area contributed by atoms with Crippen LogP contribution in [-0.2, 0) is 16.1 Å². The van der Waals surface area contributed by atoms with Crippen LogP contribution in [0, 0.1) is 19.3 Å². The molecule has 0 spiro atoms. The van der Waals surface area contributed by atoms with Gasteiger partial charge in [0.1, 0.15) is 12.1 Å². The molecule has 4 heterocycles. The quantitative estimate of drug-likeness (QED) is 0.303. The Morgan fingerprint density at radius 3 is 2.50 bits per heavy atom. The number of fused-ring (bicyclic) bond motifs is 1. The number of hydrogen-bond acceptors (Lipinski definition) is 7. The lowest BCUT2D eigenvalue weighted by Gasteiger charge is -2.35. The van der Waals surface area contributed by atoms with Crippen LogP contribution in [-0.4, -0.2) is 67.1 Å². The number of hydrogen-bond donors (Lipinski definition) is 3. The van der Waals surface area contributed by atoms with E-state index >= 15 is 0 Å². The predicted molar refractivity (Wildman–Crippen MR) is 161 cm³/mol. The highest BCUT2D eigenvalue weighted by Crippen LogP contribution is 2.28. The molecule has 1 aromatic carbocycles. The molecular formula is C31H36N6O4S. The van der Waals surface area contributed by atoms with Crippen LogP contribution in [0.4, 0.5) is 0 Å². The van der Waals surface area contributed by atoms with Gasteiger partial charge in [0.15, 0.2) is 5.69 Å². The van der Waals surface area contributed by atoms with Crippen molar-refractivity contribution in [3.05, 3.63) is 76.7 Å². The number of likely N-dealkylation sites (tertiary alicyclic amines) is 1. The molecule has 1 aliphatic heterocycles. The van der Waals surface area contributed by atoms with E-state index in [1.807, 2.05) is 82.6 Å². The van der Waals surface area contributed by atoms with Gasteiger partial charge in [0.2, 0.25) is 11.8 Å². The number of rotatable bonds is 7. The number of amides is 3. The Morgan fingerprint density at radius 1 is 1.12 bits per heavy atom. The summed E-state index contributed by atoms with van der Waals surface area (Å²) in [4.78, 5) is 47.4. The number of aromatic nitrogens is 3. The fraction of sp³-hybridized carbons (Fsp3) is 0.387. The van der Waals surface area contributed by atoms with Crippen LogP contribution in [0.1, 0.15) is 54.5 Å². The summed E-state index contributed by atoms with van der Waals surface area (Å²) in [6.45, 7) is 9.63. The van der Waals surface area contributed by atoms with Crippen molar-refractivity contribution in [3.63, 3.8) is 0 Å². The molecule has 4 aromatic rings. The first-order valence-corrected chi connectivity index (χ1v) is 14.8. The van der Waals surface area contributed by atoms with Crippen molar-refractivity contribution >= 4 is 34.6 Å². The van der Waals surface area contributed by atoms with Gasteiger partial charge in [0.05, 0.1) is 27.7 Å². The summed E-state index contributed by atoms with van der Waals surface area (Å²) in [7, 11) is 0. The molecule has 10 nitrogen and oxygen atoms in total. The van der Waals surface area contributed by atoms with E-state index in [4.69, 9.17) is 0 Å². The summed E-state index contributed by atoms with van der Waals surface area (Å²) < 4.78 is 1.63. The second kappa shape index (κ2) is 11.7. The Hall–Kier alpha value is -4.09. The lowest BCUT2D eigenvalue weighted by Crippen LogP contribution is -2.57. The van der Waals surface area contributed by atoms with E-state index < -0.39 is 35.4 Å². The minimum atomic E-state index is -0.947. The smallest absolute Gasteiger partial charge is 0.272 e. The molecule has 3 atom stereocenters. The minimum absolute atomic E-state index is 0.00958. The Balaban J connectivity index is 1.28. The van der Waals surface area contributed by atoms with Crippen LogP contribution < -0.4 is 10.6 Å². The molecule has 1 fully saturated rings. The maximum absolute atomic E-state index is 13.9. The van der Waals surface area contributed by atoms with Gasteiger partial charge in [-0.25, -0.2) is 9.50 Å². The van der Waals surface area contributed by atoms with Gasteiger partial charge >= 0.3 is 0 Å². The third kappa shape index (κ3) is 5.93. The summed E-state index contributed by atoms with van der Waals surface area (Å²) in [5.74, 6) is -1.24. The van der Waals surface area contributed by atoms with Gasteiger partial charge in [0, 0.05) is 31.3 Å². The highest BCUT2D eigenvalue weighted by molar-refractivity contribution is 7.13. The van der Waals surface area contributed by atoms with Crippen molar-refractivity contribution in [3.8, 4) is 10.4 Å². The predicted octanol–water partition coefficient (Wildman–Crippen LogP) is 3.50. The maximum Gasteiger partial charge on any atom is 0.272 e. The normalized spacial score (nSPS) is 17.8. The molecule has 3 amide bonds. The van der Waals surface area contributed by atoms with Crippen LogP contribution in [0.5, 0.6) is 0 Å². The van der Waals surface area contributed by atoms with Crippen LogP contribution in [0.25, 0.3) is 16.0 Å². The zero-order chi connectivity index (χ0) is 30.2. The molecule has 1 aliphatic rings. The zero-order valence-electron chi connectivity index (χ0n) is 24.4. The summed E-state index contributed by atoms with van der Waals surface area (Å²) in [5, 5.41) is 20.7. The van der Waals surface area contributed by atoms with Gasteiger partial charge in [-0.05, 0) is 42.5 Å². The SMILES string of the molecule is Cc1ncsc1-c1ccc(CNC(=O)[C@@H]2C[C@@H](O)CN2C(=O)[C@@H](NC(=O)c2nn3ccccc3c2C)C(C)(C)C)cc1. The number of benzene rings is 1. The van der Waals surface area contributed by atoms with E-state index in [0.717, 1.165) is 27.2 Å². The Bertz CT molecular complexity index is 1620. The van der Waals surface area contributed by atoms with Gasteiger partial charge in [-0.3, -0.25) is 14.4 Å². The number of carbonyl (C=O) groups is 3. The molecule has 11 heteroatoms. The molecule has 3 aromatic heterocycles. The number of nitrogens with one attached hydrogen (secondary N) is 2. The van der Waals surface area contributed by atoms with Gasteiger partial charge in [-0.2, -0.15) is 5.10 Å². The average Bonchev–Trinajstić information content (AvgIpc) is 3.66. The van der Waals surface area contributed by atoms with Crippen LogP contribution in [0.3, 0.4) is 0 Å². The maximum atomic E-state index is 13.9. The molecule has 5 rings (SSSR count). The fourth-order valence-electron chi connectivity index (χ4n) is 5.32. The topological polar surface area (TPSA) is 129 Å². The van der Waals surface area contributed by atoms with Crippen LogP contribution in [0.15, 0.2) is 54.2 Å². The van der Waals surface area contributed by atoms with E-state index in [0.29, 0.717) is 5.56 Å². The molecule has 0 radical (unpaired) electrons. The number of thiazole rings is 1. The summed E-state index contributed by atoms with van der Waals surface area (Å²) >= 11 is 1.58. The number of aryl methyl sites for hydroxylation is 2. The molecule has 0 saturated carbocycles. The fourth-order valence-corrected chi connectivity index (χ4v) is 6.13. The number of nitrogens with zero attached hydrogens (tertiary/aromatic N) is 4. The first kappa shape index (κ1) is 29.4. The monoisotopic (exact) mass is 588 g/mol. The van der Waals surface area contributed by atoms with Crippen molar-refractivity contribution in [2.75, 3.05) is 6.54 Å². The Morgan fingerprint density at radius 2 is 1.86 bits per heavy atom. The van der Waals surface area contributed by atoms with Gasteiger partial charge in [-0.1, -0.05) is 51.1 Å². The minimum Gasteiger partial charge on any atom is -0.391 e. The van der Waals surface area contributed by atoms with E-state index in [-0.39, 0.29) is 31.1 Å². The number of β-amino-alcohol motifs (C(OH)–C–C–N with tert-alkyl or cyclic N) is 1. The lowest BCUT2D eigenvalue weighted by atomic mass is 9.85. The number of aliphatic hydroxyl groups is 1. The lowest BCUT2D eigenvalue weighted by molar-refractivity contribution is -0.142. The van der Waals surface area contributed by atoms with Gasteiger partial charge < -0.3 is 20.6 Å². The molecule has 1 saturated heterocycles. The van der Waals surface area contributed by atoms with E-state index in [9.17, 15) is 19.5 Å². The van der Waals surface area contributed by atoms with Gasteiger partial charge in [-0.15, -0.1) is 11.3 Å². The number of aliphatic hydroxyl groups excluding tert-OH is 1. The molecule has 3 N–H and O–H groups in total. The van der Waals surface area contributed by atoms with Crippen molar-refractivity contribution in [2.24, 2.45) is 5.41 Å². The largest absolute Gasteiger partial charge is 0.391 e. The summed E-state index contributed by atoms with van der Waals surface area (Å²) in [6.07, 6.45) is 1.04. The van der Waals surface area contributed by atoms with Crippen LogP contribution >= 0.6 is 11.3 Å². The van der Waals surface area contributed by atoms with Crippen molar-refractivity contribution < 1.29 is 19.5 Å². The first-order valence-electron chi connectivity index (χ1n) is 13.9.